The van der Waals surface area contributed by atoms with Crippen molar-refractivity contribution in [3.63, 3.8) is 0 Å². The van der Waals surface area contributed by atoms with Crippen LogP contribution in [0.25, 0.3) is 6.08 Å². The van der Waals surface area contributed by atoms with Crippen molar-refractivity contribution in [1.29, 1.82) is 0 Å². The Morgan fingerprint density at radius 1 is 0.676 bits per heavy atom. The number of aldehydes is 1. The number of hydrogen-bond donors (Lipinski definition) is 0. The fraction of sp³-hybridized carbons (Fsp3) is 0.423. The second kappa shape index (κ2) is 19.3. The molecule has 2 aromatic carbocycles. The summed E-state index contributed by atoms with van der Waals surface area (Å²) < 4.78 is 34.2. The van der Waals surface area contributed by atoms with E-state index in [4.69, 9.17) is 28.4 Å². The Balaban J connectivity index is 1.30. The molecular formula is C26H33BrO7. The number of halogens is 1. The van der Waals surface area contributed by atoms with Gasteiger partial charge in [0.1, 0.15) is 18.6 Å². The van der Waals surface area contributed by atoms with Gasteiger partial charge in [-0.05, 0) is 41.5 Å². The monoisotopic (exact) mass is 536 g/mol. The Labute approximate surface area is 210 Å². The van der Waals surface area contributed by atoms with Crippen LogP contribution in [0.2, 0.25) is 0 Å². The lowest BCUT2D eigenvalue weighted by atomic mass is 10.2. The molecule has 8 heteroatoms. The summed E-state index contributed by atoms with van der Waals surface area (Å²) in [5.41, 5.74) is 2.05. The fourth-order valence-corrected chi connectivity index (χ4v) is 2.99. The van der Waals surface area contributed by atoms with Crippen LogP contribution >= 0.6 is 15.9 Å². The summed E-state index contributed by atoms with van der Waals surface area (Å²) in [6.07, 6.45) is 3.92. The first-order valence-electron chi connectivity index (χ1n) is 11.3. The molecule has 0 aliphatic heterocycles. The highest BCUT2D eigenvalue weighted by Gasteiger charge is 1.97. The molecule has 0 radical (unpaired) electrons. The average Bonchev–Trinajstić information content (AvgIpc) is 2.86. The van der Waals surface area contributed by atoms with E-state index in [1.54, 1.807) is 6.08 Å². The molecule has 0 unspecified atom stereocenters. The van der Waals surface area contributed by atoms with Gasteiger partial charge in [0.15, 0.2) is 0 Å². The van der Waals surface area contributed by atoms with E-state index in [0.29, 0.717) is 72.7 Å². The van der Waals surface area contributed by atoms with Crippen LogP contribution in [0.15, 0.2) is 59.1 Å². The Kier molecular flexibility index (Phi) is 16.0. The summed E-state index contributed by atoms with van der Waals surface area (Å²) in [5, 5.41) is 0. The lowest BCUT2D eigenvalue weighted by Crippen LogP contribution is -2.14. The third kappa shape index (κ3) is 14.2. The van der Waals surface area contributed by atoms with Crippen LogP contribution in [0, 0.1) is 0 Å². The van der Waals surface area contributed by atoms with Crippen LogP contribution in [0.4, 0.5) is 0 Å². The zero-order valence-corrected chi connectivity index (χ0v) is 21.0. The molecule has 34 heavy (non-hydrogen) atoms. The third-order valence-corrected chi connectivity index (χ3v) is 4.92. The summed E-state index contributed by atoms with van der Waals surface area (Å²) in [6.45, 7) is 5.66. The van der Waals surface area contributed by atoms with Gasteiger partial charge in [-0.25, -0.2) is 0 Å². The highest BCUT2D eigenvalue weighted by molar-refractivity contribution is 9.10. The van der Waals surface area contributed by atoms with Gasteiger partial charge in [-0.15, -0.1) is 0 Å². The molecule has 0 bridgehead atoms. The molecule has 0 saturated heterocycles. The van der Waals surface area contributed by atoms with Gasteiger partial charge in [0, 0.05) is 4.47 Å². The average molecular weight is 537 g/mol. The maximum Gasteiger partial charge on any atom is 0.142 e. The van der Waals surface area contributed by atoms with Crippen LogP contribution in [0.1, 0.15) is 11.1 Å². The first-order valence-corrected chi connectivity index (χ1v) is 12.0. The minimum atomic E-state index is 0.444. The number of hydrogen-bond acceptors (Lipinski definition) is 7. The van der Waals surface area contributed by atoms with Gasteiger partial charge in [0.05, 0.1) is 66.1 Å². The SMILES string of the molecule is O=C/C=C/c1cccc(OCCOCCOCCOCCOCCOCc2ccc(Br)cc2)c1. The van der Waals surface area contributed by atoms with Gasteiger partial charge in [-0.2, -0.15) is 0 Å². The molecule has 0 heterocycles. The smallest absolute Gasteiger partial charge is 0.142 e. The van der Waals surface area contributed by atoms with Crippen molar-refractivity contribution in [1.82, 2.24) is 0 Å². The molecule has 0 atom stereocenters. The van der Waals surface area contributed by atoms with Gasteiger partial charge in [0.2, 0.25) is 0 Å². The van der Waals surface area contributed by atoms with Crippen molar-refractivity contribution in [3.05, 3.63) is 70.2 Å². The number of benzene rings is 2. The van der Waals surface area contributed by atoms with Gasteiger partial charge in [-0.1, -0.05) is 46.3 Å². The van der Waals surface area contributed by atoms with Crippen molar-refractivity contribution in [2.75, 3.05) is 66.1 Å². The molecule has 186 valence electrons. The summed E-state index contributed by atoms with van der Waals surface area (Å²) in [4.78, 5) is 10.4. The molecule has 0 aliphatic carbocycles. The lowest BCUT2D eigenvalue weighted by Gasteiger charge is -2.09. The summed E-state index contributed by atoms with van der Waals surface area (Å²) in [5.74, 6) is 0.738. The topological polar surface area (TPSA) is 72.5 Å². The summed E-state index contributed by atoms with van der Waals surface area (Å²) >= 11 is 3.41. The first-order chi connectivity index (χ1) is 16.8. The molecular weight excluding hydrogens is 504 g/mol. The van der Waals surface area contributed by atoms with Crippen molar-refractivity contribution >= 4 is 28.3 Å². The molecule has 0 amide bonds. The van der Waals surface area contributed by atoms with E-state index in [2.05, 4.69) is 15.9 Å². The zero-order valence-electron chi connectivity index (χ0n) is 19.4. The highest BCUT2D eigenvalue weighted by Crippen LogP contribution is 2.14. The van der Waals surface area contributed by atoms with Crippen molar-refractivity contribution in [2.45, 2.75) is 6.61 Å². The fourth-order valence-electron chi connectivity index (χ4n) is 2.73. The van der Waals surface area contributed by atoms with E-state index in [-0.39, 0.29) is 0 Å². The van der Waals surface area contributed by atoms with Crippen LogP contribution in [0.5, 0.6) is 5.75 Å². The zero-order chi connectivity index (χ0) is 24.1. The second-order valence-electron chi connectivity index (χ2n) is 7.04. The number of rotatable bonds is 20. The van der Waals surface area contributed by atoms with E-state index in [1.807, 2.05) is 48.5 Å². The number of allylic oxidation sites excluding steroid dienone is 1. The van der Waals surface area contributed by atoms with Gasteiger partial charge in [0.25, 0.3) is 0 Å². The predicted octanol–water partition coefficient (Wildman–Crippen LogP) is 4.32. The molecule has 7 nitrogen and oxygen atoms in total. The van der Waals surface area contributed by atoms with Crippen LogP contribution in [-0.2, 0) is 35.1 Å². The largest absolute Gasteiger partial charge is 0.491 e. The Bertz CT molecular complexity index is 811. The molecule has 0 aliphatic rings. The van der Waals surface area contributed by atoms with Crippen molar-refractivity contribution in [3.8, 4) is 5.75 Å². The van der Waals surface area contributed by atoms with Crippen molar-refractivity contribution in [2.24, 2.45) is 0 Å². The predicted molar refractivity (Wildman–Crippen MR) is 134 cm³/mol. The van der Waals surface area contributed by atoms with Crippen LogP contribution in [0.3, 0.4) is 0 Å². The number of carbonyl (C=O) groups is 1. The highest BCUT2D eigenvalue weighted by atomic mass is 79.9. The van der Waals surface area contributed by atoms with Gasteiger partial charge in [-0.3, -0.25) is 4.79 Å². The Morgan fingerprint density at radius 2 is 1.24 bits per heavy atom. The normalized spacial score (nSPS) is 11.2. The number of ether oxygens (including phenoxy) is 6. The number of carbonyl (C=O) groups excluding carboxylic acids is 1. The maximum atomic E-state index is 10.4. The Hall–Kier alpha value is -2.07. The van der Waals surface area contributed by atoms with Crippen molar-refractivity contribution < 1.29 is 33.2 Å². The molecule has 0 fully saturated rings. The standard InChI is InChI=1S/C26H33BrO7/c27-25-8-6-24(7-9-25)22-33-18-17-31-14-13-29-11-12-30-15-16-32-19-20-34-26-5-1-3-23(21-26)4-2-10-28/h1-10,21H,11-20,22H2/b4-2+. The van der Waals surface area contributed by atoms with Gasteiger partial charge >= 0.3 is 0 Å². The third-order valence-electron chi connectivity index (χ3n) is 4.39. The van der Waals surface area contributed by atoms with E-state index >= 15 is 0 Å². The molecule has 0 saturated carbocycles. The van der Waals surface area contributed by atoms with E-state index in [1.165, 1.54) is 6.08 Å². The van der Waals surface area contributed by atoms with E-state index in [9.17, 15) is 4.79 Å². The van der Waals surface area contributed by atoms with E-state index in [0.717, 1.165) is 27.6 Å². The first kappa shape index (κ1) is 28.2. The molecule has 2 aromatic rings. The van der Waals surface area contributed by atoms with Gasteiger partial charge < -0.3 is 28.4 Å². The summed E-state index contributed by atoms with van der Waals surface area (Å²) in [7, 11) is 0. The molecule has 0 aromatic heterocycles. The molecule has 0 N–H and O–H groups in total. The molecule has 0 spiro atoms. The van der Waals surface area contributed by atoms with Crippen LogP contribution in [-0.4, -0.2) is 72.4 Å². The maximum absolute atomic E-state index is 10.4. The summed E-state index contributed by atoms with van der Waals surface area (Å²) in [6, 6.07) is 15.6. The van der Waals surface area contributed by atoms with E-state index < -0.39 is 0 Å². The quantitative estimate of drug-likeness (QED) is 0.142. The lowest BCUT2D eigenvalue weighted by molar-refractivity contribution is -0.104. The van der Waals surface area contributed by atoms with Crippen LogP contribution < -0.4 is 4.74 Å². The minimum Gasteiger partial charge on any atom is -0.491 e. The second-order valence-corrected chi connectivity index (χ2v) is 7.96. The Morgan fingerprint density at radius 3 is 1.82 bits per heavy atom. The minimum absolute atomic E-state index is 0.444. The molecule has 2 rings (SSSR count).